The molecule has 0 aromatic heterocycles. The Morgan fingerprint density at radius 1 is 1.12 bits per heavy atom. The molecule has 2 atom stereocenters. The molecule has 1 N–H and O–H groups in total. The van der Waals surface area contributed by atoms with Crippen molar-refractivity contribution in [2.45, 2.75) is 69.1 Å². The Balaban J connectivity index is 1.72. The first-order chi connectivity index (χ1) is 7.74. The van der Waals surface area contributed by atoms with Crippen molar-refractivity contribution in [1.82, 2.24) is 5.32 Å². The molecule has 2 aliphatic carbocycles. The van der Waals surface area contributed by atoms with Crippen LogP contribution in [0, 0.1) is 5.92 Å². The van der Waals surface area contributed by atoms with E-state index >= 15 is 0 Å². The van der Waals surface area contributed by atoms with Crippen LogP contribution >= 0.6 is 11.8 Å². The molecule has 2 unspecified atom stereocenters. The molecule has 1 nitrogen and oxygen atoms in total. The lowest BCUT2D eigenvalue weighted by atomic mass is 9.84. The number of nitrogens with one attached hydrogen (secondary N) is 1. The molecule has 2 saturated carbocycles. The summed E-state index contributed by atoms with van der Waals surface area (Å²) in [5.74, 6) is 0.963. The molecule has 0 aromatic carbocycles. The molecule has 16 heavy (non-hydrogen) atoms. The molecule has 0 aromatic rings. The van der Waals surface area contributed by atoms with Crippen molar-refractivity contribution in [2.75, 3.05) is 12.8 Å². The second-order valence-corrected chi connectivity index (χ2v) is 7.21. The van der Waals surface area contributed by atoms with Gasteiger partial charge in [0, 0.05) is 17.3 Å². The van der Waals surface area contributed by atoms with Gasteiger partial charge in [-0.15, -0.1) is 0 Å². The zero-order valence-electron chi connectivity index (χ0n) is 10.9. The van der Waals surface area contributed by atoms with Crippen molar-refractivity contribution < 1.29 is 0 Å². The maximum Gasteiger partial charge on any atom is 0.0281 e. The highest BCUT2D eigenvalue weighted by atomic mass is 32.2. The number of hydrogen-bond donors (Lipinski definition) is 1. The van der Waals surface area contributed by atoms with E-state index in [9.17, 15) is 0 Å². The third-order valence-electron chi connectivity index (χ3n) is 4.67. The summed E-state index contributed by atoms with van der Waals surface area (Å²) in [7, 11) is 0. The van der Waals surface area contributed by atoms with Gasteiger partial charge < -0.3 is 5.32 Å². The van der Waals surface area contributed by atoms with Crippen LogP contribution in [0.5, 0.6) is 0 Å². The summed E-state index contributed by atoms with van der Waals surface area (Å²) in [6, 6.07) is 0.814. The quantitative estimate of drug-likeness (QED) is 0.751. The molecule has 2 fully saturated rings. The molecule has 2 heteroatoms. The summed E-state index contributed by atoms with van der Waals surface area (Å²) < 4.78 is 0.609. The number of hydrogen-bond acceptors (Lipinski definition) is 2. The van der Waals surface area contributed by atoms with Crippen LogP contribution in [0.3, 0.4) is 0 Å². The van der Waals surface area contributed by atoms with Crippen LogP contribution in [-0.4, -0.2) is 23.6 Å². The van der Waals surface area contributed by atoms with Crippen LogP contribution in [0.4, 0.5) is 0 Å². The van der Waals surface area contributed by atoms with Gasteiger partial charge in [-0.2, -0.15) is 11.8 Å². The molecule has 2 aliphatic rings. The minimum atomic E-state index is 0.609. The summed E-state index contributed by atoms with van der Waals surface area (Å²) in [6.45, 7) is 3.67. The third-order valence-corrected chi connectivity index (χ3v) is 6.09. The smallest absolute Gasteiger partial charge is 0.0281 e. The van der Waals surface area contributed by atoms with E-state index in [4.69, 9.17) is 0 Å². The average Bonchev–Trinajstić information content (AvgIpc) is 2.43. The first kappa shape index (κ1) is 12.8. The van der Waals surface area contributed by atoms with Crippen molar-refractivity contribution in [1.29, 1.82) is 0 Å². The van der Waals surface area contributed by atoms with Crippen molar-refractivity contribution >= 4 is 11.8 Å². The van der Waals surface area contributed by atoms with E-state index in [2.05, 4.69) is 30.3 Å². The van der Waals surface area contributed by atoms with Gasteiger partial charge in [-0.3, -0.25) is 0 Å². The van der Waals surface area contributed by atoms with Gasteiger partial charge in [-0.05, 0) is 44.3 Å². The minimum absolute atomic E-state index is 0.609. The monoisotopic (exact) mass is 241 g/mol. The number of thioether (sulfide) groups is 1. The molecule has 0 heterocycles. The van der Waals surface area contributed by atoms with E-state index in [0.717, 1.165) is 12.0 Å². The highest BCUT2D eigenvalue weighted by Crippen LogP contribution is 2.42. The van der Waals surface area contributed by atoms with E-state index in [1.54, 1.807) is 0 Å². The second-order valence-electron chi connectivity index (χ2n) is 5.93. The van der Waals surface area contributed by atoms with Gasteiger partial charge in [-0.25, -0.2) is 0 Å². The molecule has 2 rings (SSSR count). The Morgan fingerprint density at radius 3 is 2.56 bits per heavy atom. The maximum atomic E-state index is 3.86. The molecular formula is C14H27NS. The Hall–Kier alpha value is 0.310. The van der Waals surface area contributed by atoms with Crippen molar-refractivity contribution in [3.63, 3.8) is 0 Å². The van der Waals surface area contributed by atoms with Gasteiger partial charge in [-0.1, -0.05) is 26.2 Å². The second kappa shape index (κ2) is 5.77. The number of rotatable bonds is 4. The largest absolute Gasteiger partial charge is 0.313 e. The van der Waals surface area contributed by atoms with Gasteiger partial charge >= 0.3 is 0 Å². The van der Waals surface area contributed by atoms with Crippen LogP contribution in [0.15, 0.2) is 0 Å². The fraction of sp³-hybridized carbons (Fsp3) is 1.00. The third kappa shape index (κ3) is 3.16. The Labute approximate surface area is 105 Å². The highest BCUT2D eigenvalue weighted by Gasteiger charge is 2.36. The summed E-state index contributed by atoms with van der Waals surface area (Å²) >= 11 is 2.09. The Bertz CT molecular complexity index is 207. The normalized spacial score (nSPS) is 34.1. The van der Waals surface area contributed by atoms with Gasteiger partial charge in [0.1, 0.15) is 0 Å². The predicted molar refractivity (Wildman–Crippen MR) is 74.1 cm³/mol. The SMILES string of the molecule is CSC1(CNC2CCCC(C)CC2)CCC1. The molecule has 94 valence electrons. The molecule has 0 spiro atoms. The van der Waals surface area contributed by atoms with Crippen molar-refractivity contribution in [3.8, 4) is 0 Å². The molecule has 0 saturated heterocycles. The van der Waals surface area contributed by atoms with E-state index in [1.807, 2.05) is 0 Å². The van der Waals surface area contributed by atoms with Crippen LogP contribution < -0.4 is 5.32 Å². The zero-order chi connectivity index (χ0) is 11.4. The van der Waals surface area contributed by atoms with E-state index in [-0.39, 0.29) is 0 Å². The topological polar surface area (TPSA) is 12.0 Å². The minimum Gasteiger partial charge on any atom is -0.313 e. The average molecular weight is 241 g/mol. The standard InChI is InChI=1S/C14H27NS/c1-12-5-3-6-13(8-7-12)15-11-14(16-2)9-4-10-14/h12-13,15H,3-11H2,1-2H3. The van der Waals surface area contributed by atoms with Gasteiger partial charge in [0.05, 0.1) is 0 Å². The first-order valence-electron chi connectivity index (χ1n) is 7.03. The molecular weight excluding hydrogens is 214 g/mol. The van der Waals surface area contributed by atoms with Crippen molar-refractivity contribution in [3.05, 3.63) is 0 Å². The lowest BCUT2D eigenvalue weighted by Crippen LogP contribution is -2.46. The van der Waals surface area contributed by atoms with Gasteiger partial charge in [0.25, 0.3) is 0 Å². The van der Waals surface area contributed by atoms with E-state index < -0.39 is 0 Å². The fourth-order valence-electron chi connectivity index (χ4n) is 3.05. The molecule has 0 bridgehead atoms. The Morgan fingerprint density at radius 2 is 1.94 bits per heavy atom. The molecule has 0 aliphatic heterocycles. The fourth-order valence-corrected chi connectivity index (χ4v) is 3.97. The van der Waals surface area contributed by atoms with Crippen molar-refractivity contribution in [2.24, 2.45) is 5.92 Å². The maximum absolute atomic E-state index is 3.86. The van der Waals surface area contributed by atoms with Gasteiger partial charge in [0.2, 0.25) is 0 Å². The summed E-state index contributed by atoms with van der Waals surface area (Å²) in [5, 5.41) is 3.86. The van der Waals surface area contributed by atoms with Crippen LogP contribution in [0.1, 0.15) is 58.3 Å². The lowest BCUT2D eigenvalue weighted by Gasteiger charge is -2.41. The zero-order valence-corrected chi connectivity index (χ0v) is 11.7. The lowest BCUT2D eigenvalue weighted by molar-refractivity contribution is 0.320. The summed E-state index contributed by atoms with van der Waals surface area (Å²) in [6.07, 6.45) is 13.7. The van der Waals surface area contributed by atoms with Crippen LogP contribution in [0.25, 0.3) is 0 Å². The van der Waals surface area contributed by atoms with E-state index in [0.29, 0.717) is 4.75 Å². The van der Waals surface area contributed by atoms with E-state index in [1.165, 1.54) is 57.9 Å². The summed E-state index contributed by atoms with van der Waals surface area (Å²) in [5.41, 5.74) is 0. The Kier molecular flexibility index (Phi) is 4.60. The first-order valence-corrected chi connectivity index (χ1v) is 8.25. The molecule has 0 radical (unpaired) electrons. The van der Waals surface area contributed by atoms with Gasteiger partial charge in [0.15, 0.2) is 0 Å². The van der Waals surface area contributed by atoms with Crippen LogP contribution in [0.2, 0.25) is 0 Å². The highest BCUT2D eigenvalue weighted by molar-refractivity contribution is 8.00. The predicted octanol–water partition coefficient (Wildman–Crippen LogP) is 3.83. The van der Waals surface area contributed by atoms with Crippen LogP contribution in [-0.2, 0) is 0 Å². The summed E-state index contributed by atoms with van der Waals surface area (Å²) in [4.78, 5) is 0. The molecule has 0 amide bonds.